The van der Waals surface area contributed by atoms with Gasteiger partial charge in [0.05, 0.1) is 12.0 Å². The number of carbonyl (C=O) groups is 1. The van der Waals surface area contributed by atoms with Crippen LogP contribution >= 0.6 is 0 Å². The number of likely N-dealkylation sites (tertiary alicyclic amines) is 1. The van der Waals surface area contributed by atoms with Gasteiger partial charge in [0, 0.05) is 20.2 Å². The number of amides is 1. The van der Waals surface area contributed by atoms with Crippen molar-refractivity contribution in [2.45, 2.75) is 32.1 Å². The SMILES string of the molecule is COCC1(C(=O)N2CCC(Cc3cccc(F)c3)CC2)CCNCC1. The van der Waals surface area contributed by atoms with Gasteiger partial charge >= 0.3 is 0 Å². The molecule has 4 nitrogen and oxygen atoms in total. The van der Waals surface area contributed by atoms with Crippen LogP contribution in [0.25, 0.3) is 0 Å². The van der Waals surface area contributed by atoms with E-state index in [1.54, 1.807) is 19.2 Å². The molecule has 1 N–H and O–H groups in total. The minimum absolute atomic E-state index is 0.169. The Morgan fingerprint density at radius 2 is 2.04 bits per heavy atom. The van der Waals surface area contributed by atoms with Crippen molar-refractivity contribution in [1.82, 2.24) is 10.2 Å². The average molecular weight is 348 g/mol. The standard InChI is InChI=1S/C20H29FN2O2/c1-25-15-20(7-9-22-10-8-20)19(24)23-11-5-16(6-12-23)13-17-3-2-4-18(21)14-17/h2-4,14,16,22H,5-13,15H2,1H3. The van der Waals surface area contributed by atoms with Crippen molar-refractivity contribution in [1.29, 1.82) is 0 Å². The van der Waals surface area contributed by atoms with Crippen LogP contribution in [0.3, 0.4) is 0 Å². The number of nitrogens with one attached hydrogen (secondary N) is 1. The van der Waals surface area contributed by atoms with Crippen LogP contribution in [0.4, 0.5) is 4.39 Å². The summed E-state index contributed by atoms with van der Waals surface area (Å²) < 4.78 is 18.7. The Morgan fingerprint density at radius 1 is 1.32 bits per heavy atom. The van der Waals surface area contributed by atoms with E-state index < -0.39 is 0 Å². The van der Waals surface area contributed by atoms with Crippen molar-refractivity contribution in [3.8, 4) is 0 Å². The number of hydrogen-bond acceptors (Lipinski definition) is 3. The van der Waals surface area contributed by atoms with E-state index in [2.05, 4.69) is 5.32 Å². The predicted octanol–water partition coefficient (Wildman–Crippen LogP) is 2.62. The van der Waals surface area contributed by atoms with E-state index in [-0.39, 0.29) is 17.1 Å². The number of methoxy groups -OCH3 is 1. The van der Waals surface area contributed by atoms with E-state index in [1.165, 1.54) is 6.07 Å². The lowest BCUT2D eigenvalue weighted by molar-refractivity contribution is -0.149. The zero-order valence-electron chi connectivity index (χ0n) is 15.1. The molecule has 0 atom stereocenters. The molecule has 2 saturated heterocycles. The summed E-state index contributed by atoms with van der Waals surface area (Å²) in [6.07, 6.45) is 4.58. The molecular weight excluding hydrogens is 319 g/mol. The van der Waals surface area contributed by atoms with Crippen LogP contribution in [0.15, 0.2) is 24.3 Å². The van der Waals surface area contributed by atoms with Crippen LogP contribution in [0.5, 0.6) is 0 Å². The second kappa shape index (κ2) is 8.28. The first-order valence-corrected chi connectivity index (χ1v) is 9.36. The van der Waals surface area contributed by atoms with E-state index in [9.17, 15) is 9.18 Å². The van der Waals surface area contributed by atoms with E-state index in [0.29, 0.717) is 12.5 Å². The van der Waals surface area contributed by atoms with Crippen molar-refractivity contribution < 1.29 is 13.9 Å². The number of nitrogens with zero attached hydrogens (tertiary/aromatic N) is 1. The minimum atomic E-state index is -0.352. The van der Waals surface area contributed by atoms with Gasteiger partial charge in [-0.2, -0.15) is 0 Å². The van der Waals surface area contributed by atoms with Crippen molar-refractivity contribution in [3.05, 3.63) is 35.6 Å². The van der Waals surface area contributed by atoms with Crippen LogP contribution in [0, 0.1) is 17.2 Å². The topological polar surface area (TPSA) is 41.6 Å². The molecule has 1 aromatic carbocycles. The van der Waals surface area contributed by atoms with Gasteiger partial charge in [0.25, 0.3) is 0 Å². The summed E-state index contributed by atoms with van der Waals surface area (Å²) in [7, 11) is 1.68. The fourth-order valence-electron chi connectivity index (χ4n) is 4.27. The Hall–Kier alpha value is -1.46. The van der Waals surface area contributed by atoms with Crippen LogP contribution in [0.1, 0.15) is 31.2 Å². The number of benzene rings is 1. The molecule has 0 saturated carbocycles. The van der Waals surface area contributed by atoms with E-state index >= 15 is 0 Å². The molecule has 5 heteroatoms. The van der Waals surface area contributed by atoms with Crippen molar-refractivity contribution in [2.24, 2.45) is 11.3 Å². The molecule has 0 spiro atoms. The molecule has 2 aliphatic rings. The smallest absolute Gasteiger partial charge is 0.231 e. The number of piperidine rings is 2. The normalized spacial score (nSPS) is 21.3. The van der Waals surface area contributed by atoms with Gasteiger partial charge in [-0.05, 0) is 68.8 Å². The largest absolute Gasteiger partial charge is 0.384 e. The Balaban J connectivity index is 1.56. The Labute approximate surface area is 149 Å². The van der Waals surface area contributed by atoms with Gasteiger partial charge in [-0.3, -0.25) is 4.79 Å². The minimum Gasteiger partial charge on any atom is -0.384 e. The third-order valence-corrected chi connectivity index (χ3v) is 5.75. The van der Waals surface area contributed by atoms with E-state index in [4.69, 9.17) is 4.74 Å². The van der Waals surface area contributed by atoms with Crippen LogP contribution in [0.2, 0.25) is 0 Å². The molecule has 1 aromatic rings. The number of rotatable bonds is 5. The van der Waals surface area contributed by atoms with Gasteiger partial charge in [-0.1, -0.05) is 12.1 Å². The molecular formula is C20H29FN2O2. The molecule has 138 valence electrons. The number of halogens is 1. The average Bonchev–Trinajstić information content (AvgIpc) is 2.63. The first-order valence-electron chi connectivity index (χ1n) is 9.36. The molecule has 0 radical (unpaired) electrons. The summed E-state index contributed by atoms with van der Waals surface area (Å²) >= 11 is 0. The van der Waals surface area contributed by atoms with Crippen molar-refractivity contribution in [3.63, 3.8) is 0 Å². The molecule has 0 unspecified atom stereocenters. The van der Waals surface area contributed by atoms with Crippen molar-refractivity contribution in [2.75, 3.05) is 39.9 Å². The zero-order valence-corrected chi connectivity index (χ0v) is 15.1. The molecule has 25 heavy (non-hydrogen) atoms. The molecule has 3 rings (SSSR count). The van der Waals surface area contributed by atoms with Crippen LogP contribution < -0.4 is 5.32 Å². The highest BCUT2D eigenvalue weighted by atomic mass is 19.1. The maximum Gasteiger partial charge on any atom is 0.231 e. The van der Waals surface area contributed by atoms with Gasteiger partial charge in [-0.15, -0.1) is 0 Å². The lowest BCUT2D eigenvalue weighted by Crippen LogP contribution is -2.53. The van der Waals surface area contributed by atoms with Gasteiger partial charge in [0.15, 0.2) is 0 Å². The maximum absolute atomic E-state index is 13.3. The van der Waals surface area contributed by atoms with E-state index in [0.717, 1.165) is 63.8 Å². The lowest BCUT2D eigenvalue weighted by Gasteiger charge is -2.42. The van der Waals surface area contributed by atoms with Gasteiger partial charge in [0.2, 0.25) is 5.91 Å². The quantitative estimate of drug-likeness (QED) is 0.889. The highest BCUT2D eigenvalue weighted by molar-refractivity contribution is 5.83. The second-order valence-corrected chi connectivity index (χ2v) is 7.53. The summed E-state index contributed by atoms with van der Waals surface area (Å²) in [4.78, 5) is 15.2. The molecule has 0 aromatic heterocycles. The predicted molar refractivity (Wildman–Crippen MR) is 95.8 cm³/mol. The maximum atomic E-state index is 13.3. The van der Waals surface area contributed by atoms with E-state index in [1.807, 2.05) is 11.0 Å². The number of carbonyl (C=O) groups excluding carboxylic acids is 1. The van der Waals surface area contributed by atoms with Crippen LogP contribution in [-0.2, 0) is 16.0 Å². The summed E-state index contributed by atoms with van der Waals surface area (Å²) in [5.41, 5.74) is 0.703. The highest BCUT2D eigenvalue weighted by Gasteiger charge is 2.42. The molecule has 2 heterocycles. The summed E-state index contributed by atoms with van der Waals surface area (Å²) in [5, 5.41) is 3.34. The summed E-state index contributed by atoms with van der Waals surface area (Å²) in [6.45, 7) is 3.88. The Morgan fingerprint density at radius 3 is 2.68 bits per heavy atom. The molecule has 1 amide bonds. The summed E-state index contributed by atoms with van der Waals surface area (Å²) in [5.74, 6) is 0.620. The second-order valence-electron chi connectivity index (χ2n) is 7.53. The summed E-state index contributed by atoms with van der Waals surface area (Å²) in [6, 6.07) is 6.87. The fraction of sp³-hybridized carbons (Fsp3) is 0.650. The molecule has 2 aliphatic heterocycles. The first kappa shape index (κ1) is 18.3. The third-order valence-electron chi connectivity index (χ3n) is 5.75. The zero-order chi connectivity index (χ0) is 17.7. The monoisotopic (exact) mass is 348 g/mol. The molecule has 0 bridgehead atoms. The van der Waals surface area contributed by atoms with Gasteiger partial charge < -0.3 is 15.0 Å². The highest BCUT2D eigenvalue weighted by Crippen LogP contribution is 2.33. The number of hydrogen-bond donors (Lipinski definition) is 1. The Bertz CT molecular complexity index is 573. The third kappa shape index (κ3) is 4.39. The molecule has 0 aliphatic carbocycles. The van der Waals surface area contributed by atoms with Gasteiger partial charge in [-0.25, -0.2) is 4.39 Å². The first-order chi connectivity index (χ1) is 12.1. The molecule has 2 fully saturated rings. The Kier molecular flexibility index (Phi) is 6.07. The fourth-order valence-corrected chi connectivity index (χ4v) is 4.27. The van der Waals surface area contributed by atoms with Crippen LogP contribution in [-0.4, -0.2) is 50.7 Å². The van der Waals surface area contributed by atoms with Gasteiger partial charge in [0.1, 0.15) is 5.82 Å². The lowest BCUT2D eigenvalue weighted by atomic mass is 9.77. The number of ether oxygens (including phenoxy) is 1. The van der Waals surface area contributed by atoms with Crippen molar-refractivity contribution >= 4 is 5.91 Å².